The Balaban J connectivity index is 1.65. The molecule has 9 heteroatoms. The number of rotatable bonds is 6. The Kier molecular flexibility index (Phi) is 6.29. The summed E-state index contributed by atoms with van der Waals surface area (Å²) in [5.41, 5.74) is 6.00. The minimum atomic E-state index is -0.508. The maximum atomic E-state index is 14.3. The number of hydrogen-bond acceptors (Lipinski definition) is 5. The summed E-state index contributed by atoms with van der Waals surface area (Å²) in [4.78, 5) is 4.58. The van der Waals surface area contributed by atoms with Crippen molar-refractivity contribution in [3.05, 3.63) is 100.0 Å². The highest BCUT2D eigenvalue weighted by molar-refractivity contribution is 6.32. The summed E-state index contributed by atoms with van der Waals surface area (Å²) in [6.07, 6.45) is 6.02. The molecule has 0 unspecified atom stereocenters. The molecule has 2 aromatic heterocycles. The summed E-state index contributed by atoms with van der Waals surface area (Å²) >= 11 is 6.45. The van der Waals surface area contributed by atoms with Gasteiger partial charge in [-0.1, -0.05) is 36.7 Å². The molecule has 1 N–H and O–H groups in total. The first kappa shape index (κ1) is 22.7. The standard InChI is InChI=1S/C26H19ClF2N6/c1-2-20(21-9-5-17(28)12-23(21)27)25(15-4-10-24-22(11-15)26(29)34-33-24)16-3-6-18(30-13-16)7-8-19-14-31-35-32-19/h3-13H,2,14H2,1H3,(H,33,34)/b8-7+,25-20-. The predicted molar refractivity (Wildman–Crippen MR) is 134 cm³/mol. The fourth-order valence-corrected chi connectivity index (χ4v) is 4.31. The van der Waals surface area contributed by atoms with Gasteiger partial charge in [0.05, 0.1) is 27.3 Å². The third kappa shape index (κ3) is 4.65. The molecule has 0 bridgehead atoms. The van der Waals surface area contributed by atoms with Crippen LogP contribution in [-0.2, 0) is 0 Å². The van der Waals surface area contributed by atoms with Gasteiger partial charge in [0.2, 0.25) is 5.95 Å². The molecule has 1 aliphatic rings. The second kappa shape index (κ2) is 9.68. The van der Waals surface area contributed by atoms with Gasteiger partial charge < -0.3 is 0 Å². The Morgan fingerprint density at radius 1 is 1.06 bits per heavy atom. The molecule has 0 saturated heterocycles. The van der Waals surface area contributed by atoms with Crippen molar-refractivity contribution in [2.75, 3.05) is 6.54 Å². The van der Waals surface area contributed by atoms with Crippen LogP contribution in [0.15, 0.2) is 76.2 Å². The highest BCUT2D eigenvalue weighted by Gasteiger charge is 2.17. The van der Waals surface area contributed by atoms with Crippen molar-refractivity contribution in [1.29, 1.82) is 0 Å². The Morgan fingerprint density at radius 3 is 2.63 bits per heavy atom. The van der Waals surface area contributed by atoms with E-state index in [9.17, 15) is 8.78 Å². The molecule has 5 rings (SSSR count). The second-order valence-corrected chi connectivity index (χ2v) is 8.29. The zero-order chi connectivity index (χ0) is 24.4. The Hall–Kier alpha value is -4.04. The molecular weight excluding hydrogens is 470 g/mol. The van der Waals surface area contributed by atoms with Gasteiger partial charge in [0.1, 0.15) is 12.4 Å². The summed E-state index contributed by atoms with van der Waals surface area (Å²) in [5.74, 6) is -0.922. The van der Waals surface area contributed by atoms with Crippen molar-refractivity contribution in [3.63, 3.8) is 0 Å². The lowest BCUT2D eigenvalue weighted by Gasteiger charge is -2.17. The highest BCUT2D eigenvalue weighted by atomic mass is 35.5. The number of nitrogens with zero attached hydrogens (tertiary/aromatic N) is 5. The number of pyridine rings is 1. The quantitative estimate of drug-likeness (QED) is 0.294. The summed E-state index contributed by atoms with van der Waals surface area (Å²) in [6, 6.07) is 13.5. The number of allylic oxidation sites excluding steroid dienone is 1. The van der Waals surface area contributed by atoms with Crippen LogP contribution in [0.2, 0.25) is 5.02 Å². The molecule has 0 fully saturated rings. The number of nitrogens with one attached hydrogen (secondary N) is 1. The maximum Gasteiger partial charge on any atom is 0.216 e. The van der Waals surface area contributed by atoms with Gasteiger partial charge in [-0.3, -0.25) is 10.1 Å². The van der Waals surface area contributed by atoms with E-state index in [1.165, 1.54) is 12.1 Å². The van der Waals surface area contributed by atoms with Crippen molar-refractivity contribution < 1.29 is 8.78 Å². The molecule has 174 valence electrons. The number of H-pyrrole nitrogens is 1. The van der Waals surface area contributed by atoms with Crippen LogP contribution in [-0.4, -0.2) is 27.4 Å². The number of aromatic nitrogens is 3. The molecule has 0 saturated carbocycles. The van der Waals surface area contributed by atoms with Crippen LogP contribution >= 0.6 is 11.6 Å². The summed E-state index contributed by atoms with van der Waals surface area (Å²) < 4.78 is 28.1. The van der Waals surface area contributed by atoms with E-state index in [0.29, 0.717) is 34.5 Å². The Bertz CT molecular complexity index is 1530. The summed E-state index contributed by atoms with van der Waals surface area (Å²) in [5, 5.41) is 18.4. The Morgan fingerprint density at radius 2 is 1.91 bits per heavy atom. The van der Waals surface area contributed by atoms with Crippen molar-refractivity contribution in [1.82, 2.24) is 15.2 Å². The first-order valence-corrected chi connectivity index (χ1v) is 11.3. The van der Waals surface area contributed by atoms with Gasteiger partial charge in [-0.05, 0) is 76.4 Å². The van der Waals surface area contributed by atoms with Crippen LogP contribution in [0.5, 0.6) is 0 Å². The van der Waals surface area contributed by atoms with Gasteiger partial charge >= 0.3 is 0 Å². The average molecular weight is 489 g/mol. The zero-order valence-corrected chi connectivity index (χ0v) is 19.4. The molecule has 6 nitrogen and oxygen atoms in total. The van der Waals surface area contributed by atoms with Crippen LogP contribution in [0.1, 0.15) is 35.7 Å². The van der Waals surface area contributed by atoms with Gasteiger partial charge in [0, 0.05) is 11.8 Å². The van der Waals surface area contributed by atoms with Crippen LogP contribution in [0.25, 0.3) is 28.1 Å². The van der Waals surface area contributed by atoms with Crippen LogP contribution < -0.4 is 0 Å². The van der Waals surface area contributed by atoms with E-state index in [2.05, 4.69) is 30.6 Å². The van der Waals surface area contributed by atoms with Gasteiger partial charge in [0.25, 0.3) is 0 Å². The lowest BCUT2D eigenvalue weighted by atomic mass is 9.88. The van der Waals surface area contributed by atoms with E-state index < -0.39 is 11.8 Å². The molecule has 0 spiro atoms. The van der Waals surface area contributed by atoms with Crippen molar-refractivity contribution in [2.45, 2.75) is 13.3 Å². The molecule has 1 aliphatic heterocycles. The molecule has 0 aliphatic carbocycles. The second-order valence-electron chi connectivity index (χ2n) is 7.89. The number of benzene rings is 2. The largest absolute Gasteiger partial charge is 0.256 e. The van der Waals surface area contributed by atoms with Crippen LogP contribution in [0.3, 0.4) is 0 Å². The minimum Gasteiger partial charge on any atom is -0.256 e. The van der Waals surface area contributed by atoms with E-state index >= 15 is 0 Å². The number of halogens is 3. The summed E-state index contributed by atoms with van der Waals surface area (Å²) in [6.45, 7) is 2.45. The van der Waals surface area contributed by atoms with Crippen LogP contribution in [0, 0.1) is 11.8 Å². The number of fused-ring (bicyclic) bond motifs is 1. The highest BCUT2D eigenvalue weighted by Crippen LogP contribution is 2.38. The maximum absolute atomic E-state index is 14.3. The topological polar surface area (TPSA) is 78.7 Å². The molecule has 4 aromatic rings. The number of aromatic amines is 1. The van der Waals surface area contributed by atoms with Gasteiger partial charge in [-0.15, -0.1) is 5.10 Å². The molecular formula is C26H19ClF2N6. The molecule has 3 heterocycles. The van der Waals surface area contributed by atoms with E-state index in [0.717, 1.165) is 33.7 Å². The zero-order valence-electron chi connectivity index (χ0n) is 18.6. The third-order valence-corrected chi connectivity index (χ3v) is 6.01. The van der Waals surface area contributed by atoms with Crippen molar-refractivity contribution in [2.24, 2.45) is 15.4 Å². The molecule has 0 radical (unpaired) electrons. The summed E-state index contributed by atoms with van der Waals surface area (Å²) in [7, 11) is 0. The smallest absolute Gasteiger partial charge is 0.216 e. The lowest BCUT2D eigenvalue weighted by molar-refractivity contribution is 0.588. The van der Waals surface area contributed by atoms with Crippen LogP contribution in [0.4, 0.5) is 8.78 Å². The van der Waals surface area contributed by atoms with Gasteiger partial charge in [0.15, 0.2) is 0 Å². The third-order valence-electron chi connectivity index (χ3n) is 5.70. The van der Waals surface area contributed by atoms with Gasteiger partial charge in [-0.2, -0.15) is 14.6 Å². The monoisotopic (exact) mass is 488 g/mol. The first-order chi connectivity index (χ1) is 17.0. The average Bonchev–Trinajstić information content (AvgIpc) is 3.52. The van der Waals surface area contributed by atoms with Crippen molar-refractivity contribution >= 4 is 45.4 Å². The fraction of sp³-hybridized carbons (Fsp3) is 0.115. The normalized spacial score (nSPS) is 14.1. The fourth-order valence-electron chi connectivity index (χ4n) is 4.03. The number of hydrogen-bond donors (Lipinski definition) is 1. The molecule has 2 aromatic carbocycles. The lowest BCUT2D eigenvalue weighted by Crippen LogP contribution is -1.98. The Labute approximate surface area is 204 Å². The van der Waals surface area contributed by atoms with Gasteiger partial charge in [-0.25, -0.2) is 4.39 Å². The molecule has 35 heavy (non-hydrogen) atoms. The SMILES string of the molecule is CC/C(=C(/c1ccc(/C=C/C2=NN=NC2)nc1)c1ccc2n[nH]c(F)c2c1)c1ccc(F)cc1Cl. The van der Waals surface area contributed by atoms with E-state index in [4.69, 9.17) is 11.6 Å². The van der Waals surface area contributed by atoms with E-state index in [-0.39, 0.29) is 0 Å². The van der Waals surface area contributed by atoms with E-state index in [1.807, 2.05) is 37.3 Å². The molecule has 0 amide bonds. The molecule has 0 atom stereocenters. The predicted octanol–water partition coefficient (Wildman–Crippen LogP) is 7.09. The van der Waals surface area contributed by atoms with E-state index in [1.54, 1.807) is 24.4 Å². The van der Waals surface area contributed by atoms with Crippen molar-refractivity contribution in [3.8, 4) is 0 Å². The minimum absolute atomic E-state index is 0.301. The first-order valence-electron chi connectivity index (χ1n) is 10.9.